The molecule has 0 fully saturated rings. The van der Waals surface area contributed by atoms with E-state index in [2.05, 4.69) is 196 Å². The number of esters is 2. The molecule has 0 amide bonds. The zero-order chi connectivity index (χ0) is 68.3. The molecule has 0 saturated heterocycles. The van der Waals surface area contributed by atoms with Crippen LogP contribution in [0.15, 0.2) is 182 Å². The molecule has 0 rings (SSSR count). The lowest BCUT2D eigenvalue weighted by Gasteiger charge is -2.28. The van der Waals surface area contributed by atoms with Gasteiger partial charge in [-0.15, -0.1) is 0 Å². The predicted octanol–water partition coefficient (Wildman–Crippen LogP) is 24.4. The Kier molecular flexibility index (Phi) is 68.6. The van der Waals surface area contributed by atoms with Crippen molar-refractivity contribution < 1.29 is 42.1 Å². The smallest absolute Gasteiger partial charge is 0.306 e. The molecule has 532 valence electrons. The quantitative estimate of drug-likeness (QED) is 0.0195. The summed E-state index contributed by atoms with van der Waals surface area (Å²) < 4.78 is 34.4. The summed E-state index contributed by atoms with van der Waals surface area (Å²) in [5, 5.41) is 0. The average Bonchev–Trinajstić information content (AvgIpc) is 1.68. The predicted molar refractivity (Wildman–Crippen MR) is 406 cm³/mol. The molecular formula is C84H138NO8P. The number of ether oxygens (including phenoxy) is 2. The van der Waals surface area contributed by atoms with Crippen LogP contribution in [0.1, 0.15) is 284 Å². The van der Waals surface area contributed by atoms with Crippen molar-refractivity contribution in [2.75, 3.05) is 47.5 Å². The average molecular weight is 1320 g/mol. The van der Waals surface area contributed by atoms with E-state index in [1.807, 2.05) is 21.1 Å². The number of phosphoric acid groups is 1. The third kappa shape index (κ3) is 76.1. The summed E-state index contributed by atoms with van der Waals surface area (Å²) in [5.74, 6) is -0.846. The number of nitrogens with zero attached hydrogens (tertiary/aromatic N) is 1. The molecule has 2 atom stereocenters. The zero-order valence-electron chi connectivity index (χ0n) is 60.6. The first-order valence-electron chi connectivity index (χ1n) is 37.5. The van der Waals surface area contributed by atoms with E-state index in [-0.39, 0.29) is 32.0 Å². The summed E-state index contributed by atoms with van der Waals surface area (Å²) in [6.07, 6.45) is 111. The van der Waals surface area contributed by atoms with Crippen LogP contribution in [0.4, 0.5) is 0 Å². The van der Waals surface area contributed by atoms with Crippen molar-refractivity contribution in [2.24, 2.45) is 0 Å². The Balaban J connectivity index is 4.09. The van der Waals surface area contributed by atoms with Crippen molar-refractivity contribution >= 4 is 19.8 Å². The van der Waals surface area contributed by atoms with Gasteiger partial charge in [0.1, 0.15) is 19.8 Å². The maximum atomic E-state index is 12.9. The number of hydrogen-bond donors (Lipinski definition) is 0. The number of quaternary nitrogens is 1. The Bertz CT molecular complexity index is 2240. The molecule has 0 N–H and O–H groups in total. The molecule has 0 saturated carbocycles. The van der Waals surface area contributed by atoms with Gasteiger partial charge < -0.3 is 27.9 Å². The number of allylic oxidation sites excluding steroid dienone is 30. The van der Waals surface area contributed by atoms with Gasteiger partial charge in [0.05, 0.1) is 27.7 Å². The summed E-state index contributed by atoms with van der Waals surface area (Å²) in [6.45, 7) is 4.00. The van der Waals surface area contributed by atoms with Crippen molar-refractivity contribution in [3.8, 4) is 0 Å². The van der Waals surface area contributed by atoms with Crippen LogP contribution in [0, 0.1) is 0 Å². The van der Waals surface area contributed by atoms with E-state index in [0.717, 1.165) is 148 Å². The monoisotopic (exact) mass is 1320 g/mol. The van der Waals surface area contributed by atoms with E-state index >= 15 is 0 Å². The van der Waals surface area contributed by atoms with Crippen LogP contribution < -0.4 is 4.89 Å². The molecule has 9 nitrogen and oxygen atoms in total. The summed E-state index contributed by atoms with van der Waals surface area (Å²) in [7, 11) is 1.15. The molecule has 94 heavy (non-hydrogen) atoms. The third-order valence-corrected chi connectivity index (χ3v) is 16.4. The lowest BCUT2D eigenvalue weighted by atomic mass is 10.0. The first-order chi connectivity index (χ1) is 46.0. The minimum absolute atomic E-state index is 0.0401. The van der Waals surface area contributed by atoms with E-state index in [0.29, 0.717) is 17.4 Å². The first-order valence-corrected chi connectivity index (χ1v) is 39.0. The van der Waals surface area contributed by atoms with Crippen LogP contribution in [0.2, 0.25) is 0 Å². The second kappa shape index (κ2) is 72.4. The molecule has 0 spiro atoms. The van der Waals surface area contributed by atoms with Crippen LogP contribution in [-0.2, 0) is 32.7 Å². The van der Waals surface area contributed by atoms with Gasteiger partial charge in [0.2, 0.25) is 0 Å². The molecule has 0 aliphatic carbocycles. The molecule has 0 aliphatic rings. The Morgan fingerprint density at radius 2 is 0.574 bits per heavy atom. The molecule has 0 aliphatic heterocycles. The number of hydrogen-bond acceptors (Lipinski definition) is 8. The van der Waals surface area contributed by atoms with Crippen molar-refractivity contribution in [1.29, 1.82) is 0 Å². The molecular weight excluding hydrogens is 1180 g/mol. The lowest BCUT2D eigenvalue weighted by molar-refractivity contribution is -0.870. The topological polar surface area (TPSA) is 111 Å². The molecule has 0 aromatic rings. The van der Waals surface area contributed by atoms with Gasteiger partial charge >= 0.3 is 11.9 Å². The van der Waals surface area contributed by atoms with Gasteiger partial charge in [-0.05, 0) is 135 Å². The Hall–Kier alpha value is -4.89. The zero-order valence-corrected chi connectivity index (χ0v) is 61.5. The molecule has 0 radical (unpaired) electrons. The van der Waals surface area contributed by atoms with Gasteiger partial charge in [0.15, 0.2) is 6.10 Å². The van der Waals surface area contributed by atoms with Gasteiger partial charge in [0.25, 0.3) is 7.82 Å². The Morgan fingerprint density at radius 1 is 0.330 bits per heavy atom. The maximum absolute atomic E-state index is 12.9. The van der Waals surface area contributed by atoms with Crippen molar-refractivity contribution in [3.63, 3.8) is 0 Å². The molecule has 0 bridgehead atoms. The fraction of sp³-hybridized carbons (Fsp3) is 0.619. The standard InChI is InChI=1S/C84H138NO8P/c1-6-8-10-12-14-16-18-20-22-24-26-28-30-32-34-36-38-40-42-44-46-48-50-52-54-56-58-60-62-64-66-68-70-72-74-76-83(86)90-80-82(81-92-94(88,89)91-79-78-85(3,4)5)93-84(87)77-75-73-71-69-67-65-63-61-59-57-55-53-51-49-47-45-43-41-39-37-35-33-31-29-27-25-23-21-19-17-15-13-11-9-7-2/h8-11,14-17,20-23,26-29,32-35,38-41,44-47,51,53,82H,6-7,12-13,18-19,24-25,30-31,36-37,42-43,48-50,52,54-81H2,1-5H3/b10-8-,11-9-,16-14-,17-15-,22-20-,23-21-,28-26-,29-27-,34-32-,35-33-,40-38-,41-39-,46-44-,47-45-,53-51-. The van der Waals surface area contributed by atoms with E-state index in [4.69, 9.17) is 18.5 Å². The minimum atomic E-state index is -4.66. The van der Waals surface area contributed by atoms with Crippen LogP contribution in [0.3, 0.4) is 0 Å². The summed E-state index contributed by atoms with van der Waals surface area (Å²) in [4.78, 5) is 38.2. The fourth-order valence-electron chi connectivity index (χ4n) is 9.77. The Labute approximate surface area is 578 Å². The number of carbonyl (C=O) groups is 2. The highest BCUT2D eigenvalue weighted by molar-refractivity contribution is 7.45. The lowest BCUT2D eigenvalue weighted by Crippen LogP contribution is -2.37. The van der Waals surface area contributed by atoms with E-state index in [1.165, 1.54) is 103 Å². The number of unbranched alkanes of at least 4 members (excludes halogenated alkanes) is 23. The molecule has 10 heteroatoms. The molecule has 0 aromatic heterocycles. The third-order valence-electron chi connectivity index (χ3n) is 15.4. The molecule has 0 heterocycles. The van der Waals surface area contributed by atoms with E-state index in [1.54, 1.807) is 0 Å². The number of likely N-dealkylation sites (N-methyl/N-ethyl adjacent to an activating group) is 1. The minimum Gasteiger partial charge on any atom is -0.756 e. The summed E-state index contributed by atoms with van der Waals surface area (Å²) >= 11 is 0. The van der Waals surface area contributed by atoms with Crippen molar-refractivity contribution in [2.45, 2.75) is 290 Å². The fourth-order valence-corrected chi connectivity index (χ4v) is 10.5. The Morgan fingerprint density at radius 3 is 0.851 bits per heavy atom. The van der Waals surface area contributed by atoms with Gasteiger partial charge in [0, 0.05) is 12.8 Å². The largest absolute Gasteiger partial charge is 0.756 e. The van der Waals surface area contributed by atoms with Crippen molar-refractivity contribution in [1.82, 2.24) is 0 Å². The second-order valence-corrected chi connectivity index (χ2v) is 27.0. The number of phosphoric ester groups is 1. The first kappa shape index (κ1) is 89.1. The molecule has 0 aromatic carbocycles. The number of rotatable bonds is 67. The molecule has 2 unspecified atom stereocenters. The van der Waals surface area contributed by atoms with Gasteiger partial charge in [-0.2, -0.15) is 0 Å². The van der Waals surface area contributed by atoms with Crippen molar-refractivity contribution in [3.05, 3.63) is 182 Å². The number of carbonyl (C=O) groups excluding carboxylic acids is 2. The van der Waals surface area contributed by atoms with Crippen LogP contribution >= 0.6 is 7.82 Å². The van der Waals surface area contributed by atoms with Crippen LogP contribution in [-0.4, -0.2) is 70.0 Å². The van der Waals surface area contributed by atoms with E-state index in [9.17, 15) is 19.0 Å². The van der Waals surface area contributed by atoms with Gasteiger partial charge in [-0.25, -0.2) is 0 Å². The van der Waals surface area contributed by atoms with Crippen LogP contribution in [0.25, 0.3) is 0 Å². The SMILES string of the molecule is CC/C=C\C/C=C\C/C=C\C/C=C\C/C=C\C/C=C\C/C=C\C/C=C\CCCCCCCCCCCCC(=O)OC(COC(=O)CCCCCCCCCCCCCCC/C=C\C/C=C\C/C=C\C/C=C\C/C=C\C/C=C\C/C=C\CC)COP(=O)([O-])OCC[N+](C)(C)C. The highest BCUT2D eigenvalue weighted by atomic mass is 31.2. The normalized spacial score (nSPS) is 14.1. The summed E-state index contributed by atoms with van der Waals surface area (Å²) in [6, 6.07) is 0. The second-order valence-electron chi connectivity index (χ2n) is 25.5. The van der Waals surface area contributed by atoms with Gasteiger partial charge in [-0.3, -0.25) is 14.2 Å². The van der Waals surface area contributed by atoms with Crippen LogP contribution in [0.5, 0.6) is 0 Å². The summed E-state index contributed by atoms with van der Waals surface area (Å²) in [5.41, 5.74) is 0. The highest BCUT2D eigenvalue weighted by Gasteiger charge is 2.22. The van der Waals surface area contributed by atoms with Gasteiger partial charge in [-0.1, -0.05) is 318 Å². The van der Waals surface area contributed by atoms with E-state index < -0.39 is 26.5 Å². The highest BCUT2D eigenvalue weighted by Crippen LogP contribution is 2.38. The maximum Gasteiger partial charge on any atom is 0.306 e.